The smallest absolute Gasteiger partial charge is 0.407 e. The Morgan fingerprint density at radius 3 is 2.48 bits per heavy atom. The van der Waals surface area contributed by atoms with E-state index in [1.165, 1.54) is 12.0 Å². The number of hydrogen-bond donors (Lipinski definition) is 1. The van der Waals surface area contributed by atoms with Gasteiger partial charge in [-0.3, -0.25) is 4.79 Å². The summed E-state index contributed by atoms with van der Waals surface area (Å²) in [6, 6.07) is 3.22. The predicted octanol–water partition coefficient (Wildman–Crippen LogP) is 1.52. The van der Waals surface area contributed by atoms with E-state index < -0.39 is 17.7 Å². The molecule has 2 fully saturated rings. The fraction of sp³-hybridized carbons (Fsp3) is 0.562. The molecule has 9 heteroatoms. The van der Waals surface area contributed by atoms with Crippen LogP contribution in [-0.2, 0) is 9.47 Å². The quantitative estimate of drug-likeness (QED) is 0.795. The molecular weight excluding hydrogens is 348 g/mol. The molecule has 1 spiro atoms. The Kier molecular flexibility index (Phi) is 4.96. The molecule has 0 bridgehead atoms. The van der Waals surface area contributed by atoms with Crippen LogP contribution in [0.4, 0.5) is 4.79 Å². The van der Waals surface area contributed by atoms with Gasteiger partial charge in [-0.2, -0.15) is 0 Å². The van der Waals surface area contributed by atoms with Crippen LogP contribution in [0.1, 0.15) is 32.2 Å². The molecule has 0 atom stereocenters. The minimum absolute atomic E-state index is 0.136. The molecule has 1 aromatic heterocycles. The Morgan fingerprint density at radius 1 is 1.16 bits per heavy atom. The number of piperidine rings is 1. The molecule has 1 N–H and O–H groups in total. The van der Waals surface area contributed by atoms with Crippen LogP contribution in [0.25, 0.3) is 0 Å². The van der Waals surface area contributed by atoms with E-state index in [-0.39, 0.29) is 5.91 Å². The molecule has 0 radical (unpaired) electrons. The van der Waals surface area contributed by atoms with Crippen molar-refractivity contribution in [3.05, 3.63) is 21.9 Å². The average molecular weight is 368 g/mol. The lowest BCUT2D eigenvalue weighted by Crippen LogP contribution is -2.58. The third-order valence-electron chi connectivity index (χ3n) is 4.68. The van der Waals surface area contributed by atoms with E-state index in [1.807, 2.05) is 0 Å². The van der Waals surface area contributed by atoms with Crippen molar-refractivity contribution in [2.45, 2.75) is 18.4 Å². The third kappa shape index (κ3) is 3.62. The Labute approximate surface area is 148 Å². The second-order valence-electron chi connectivity index (χ2n) is 6.18. The largest absolute Gasteiger partial charge is 0.465 e. The number of thiophene rings is 1. The van der Waals surface area contributed by atoms with Crippen LogP contribution >= 0.6 is 11.3 Å². The maximum Gasteiger partial charge on any atom is 0.407 e. The van der Waals surface area contributed by atoms with E-state index in [9.17, 15) is 14.4 Å². The number of hydrogen-bond acceptors (Lipinski definition) is 6. The summed E-state index contributed by atoms with van der Waals surface area (Å²) in [4.78, 5) is 39.3. The second kappa shape index (κ2) is 7.01. The zero-order valence-electron chi connectivity index (χ0n) is 13.9. The molecule has 0 saturated carbocycles. The Bertz CT molecular complexity index is 680. The molecule has 1 aromatic rings. The maximum absolute atomic E-state index is 12.7. The van der Waals surface area contributed by atoms with Crippen LogP contribution in [0, 0.1) is 0 Å². The molecule has 0 aliphatic carbocycles. The van der Waals surface area contributed by atoms with Gasteiger partial charge in [0.15, 0.2) is 0 Å². The third-order valence-corrected chi connectivity index (χ3v) is 5.74. The van der Waals surface area contributed by atoms with E-state index in [0.29, 0.717) is 55.4 Å². The number of ether oxygens (including phenoxy) is 2. The van der Waals surface area contributed by atoms with Crippen molar-refractivity contribution in [2.24, 2.45) is 0 Å². The topological polar surface area (TPSA) is 96.4 Å². The van der Waals surface area contributed by atoms with Gasteiger partial charge in [0.05, 0.1) is 30.7 Å². The summed E-state index contributed by atoms with van der Waals surface area (Å²) in [6.45, 7) is 2.15. The van der Waals surface area contributed by atoms with E-state index in [1.54, 1.807) is 17.0 Å². The van der Waals surface area contributed by atoms with E-state index in [0.717, 1.165) is 11.3 Å². The molecule has 2 aliphatic heterocycles. The average Bonchev–Trinajstić information content (AvgIpc) is 3.11. The maximum atomic E-state index is 12.7. The second-order valence-corrected chi connectivity index (χ2v) is 7.27. The van der Waals surface area contributed by atoms with E-state index in [2.05, 4.69) is 4.74 Å². The molecule has 0 unspecified atom stereocenters. The van der Waals surface area contributed by atoms with Gasteiger partial charge in [-0.25, -0.2) is 9.59 Å². The molecule has 3 heterocycles. The number of likely N-dealkylation sites (tertiary alicyclic amines) is 1. The molecule has 2 saturated heterocycles. The SMILES string of the molecule is COC(=O)c1ccc(C(=O)N2CCOC3(CCN(C(=O)O)CC3)C2)s1. The van der Waals surface area contributed by atoms with Gasteiger partial charge in [0, 0.05) is 19.6 Å². The van der Waals surface area contributed by atoms with Gasteiger partial charge < -0.3 is 24.4 Å². The molecule has 3 rings (SSSR count). The van der Waals surface area contributed by atoms with Crippen LogP contribution in [-0.4, -0.2) is 78.4 Å². The minimum Gasteiger partial charge on any atom is -0.465 e. The van der Waals surface area contributed by atoms with Gasteiger partial charge in [-0.05, 0) is 25.0 Å². The van der Waals surface area contributed by atoms with Gasteiger partial charge in [0.1, 0.15) is 4.88 Å². The summed E-state index contributed by atoms with van der Waals surface area (Å²) in [5.41, 5.74) is -0.484. The molecule has 2 aliphatic rings. The number of morpholine rings is 1. The Hall–Kier alpha value is -2.13. The summed E-state index contributed by atoms with van der Waals surface area (Å²) in [6.07, 6.45) is 0.217. The molecule has 0 aromatic carbocycles. The number of carbonyl (C=O) groups is 3. The zero-order valence-corrected chi connectivity index (χ0v) is 14.7. The van der Waals surface area contributed by atoms with Crippen LogP contribution in [0.2, 0.25) is 0 Å². The molecule has 8 nitrogen and oxygen atoms in total. The molecular formula is C16H20N2O6S. The Morgan fingerprint density at radius 2 is 1.84 bits per heavy atom. The summed E-state index contributed by atoms with van der Waals surface area (Å²) in [5, 5.41) is 9.07. The van der Waals surface area contributed by atoms with Crippen LogP contribution in [0.15, 0.2) is 12.1 Å². The minimum atomic E-state index is -0.924. The molecule has 25 heavy (non-hydrogen) atoms. The first-order valence-electron chi connectivity index (χ1n) is 8.03. The van der Waals surface area contributed by atoms with Crippen molar-refractivity contribution in [1.29, 1.82) is 0 Å². The lowest BCUT2D eigenvalue weighted by atomic mass is 9.89. The summed E-state index contributed by atoms with van der Waals surface area (Å²) in [5.74, 6) is -0.591. The highest BCUT2D eigenvalue weighted by atomic mass is 32.1. The van der Waals surface area contributed by atoms with Crippen LogP contribution in [0.3, 0.4) is 0 Å². The van der Waals surface area contributed by atoms with Gasteiger partial charge in [-0.15, -0.1) is 11.3 Å². The van der Waals surface area contributed by atoms with E-state index >= 15 is 0 Å². The summed E-state index contributed by atoms with van der Waals surface area (Å²) >= 11 is 1.11. The number of methoxy groups -OCH3 is 1. The predicted molar refractivity (Wildman–Crippen MR) is 89.1 cm³/mol. The Balaban J connectivity index is 1.67. The molecule has 2 amide bonds. The monoisotopic (exact) mass is 368 g/mol. The number of rotatable bonds is 2. The zero-order chi connectivity index (χ0) is 18.0. The van der Waals surface area contributed by atoms with Crippen molar-refractivity contribution in [2.75, 3.05) is 39.9 Å². The highest BCUT2D eigenvalue weighted by Gasteiger charge is 2.42. The van der Waals surface area contributed by atoms with Crippen molar-refractivity contribution in [3.8, 4) is 0 Å². The van der Waals surface area contributed by atoms with Gasteiger partial charge in [0.25, 0.3) is 5.91 Å². The number of nitrogens with zero attached hydrogens (tertiary/aromatic N) is 2. The van der Waals surface area contributed by atoms with Crippen molar-refractivity contribution >= 4 is 29.3 Å². The van der Waals surface area contributed by atoms with Crippen LogP contribution < -0.4 is 0 Å². The first kappa shape index (κ1) is 17.7. The molecule has 136 valence electrons. The fourth-order valence-electron chi connectivity index (χ4n) is 3.25. The lowest BCUT2D eigenvalue weighted by Gasteiger charge is -2.46. The summed E-state index contributed by atoms with van der Waals surface area (Å²) < 4.78 is 10.6. The van der Waals surface area contributed by atoms with Gasteiger partial charge in [0.2, 0.25) is 0 Å². The lowest BCUT2D eigenvalue weighted by molar-refractivity contribution is -0.124. The van der Waals surface area contributed by atoms with E-state index in [4.69, 9.17) is 9.84 Å². The first-order chi connectivity index (χ1) is 11.9. The highest BCUT2D eigenvalue weighted by molar-refractivity contribution is 7.15. The van der Waals surface area contributed by atoms with Crippen LogP contribution in [0.5, 0.6) is 0 Å². The number of esters is 1. The van der Waals surface area contributed by atoms with Gasteiger partial charge in [-0.1, -0.05) is 0 Å². The number of carboxylic acid groups (broad SMARTS) is 1. The van der Waals surface area contributed by atoms with Crippen molar-refractivity contribution in [3.63, 3.8) is 0 Å². The highest BCUT2D eigenvalue weighted by Crippen LogP contribution is 2.31. The fourth-order valence-corrected chi connectivity index (χ4v) is 4.14. The number of amides is 2. The number of carbonyl (C=O) groups excluding carboxylic acids is 2. The van der Waals surface area contributed by atoms with Crippen molar-refractivity contribution < 1.29 is 29.0 Å². The standard InChI is InChI=1S/C16H20N2O6S/c1-23-14(20)12-3-2-11(25-12)13(19)18-8-9-24-16(10-18)4-6-17(7-5-16)15(21)22/h2-3H,4-10H2,1H3,(H,21,22). The first-order valence-corrected chi connectivity index (χ1v) is 8.85. The normalized spacial score (nSPS) is 19.7. The van der Waals surface area contributed by atoms with Crippen molar-refractivity contribution in [1.82, 2.24) is 9.80 Å². The summed E-state index contributed by atoms with van der Waals surface area (Å²) in [7, 11) is 1.30. The van der Waals surface area contributed by atoms with Gasteiger partial charge >= 0.3 is 12.1 Å².